The van der Waals surface area contributed by atoms with Crippen molar-refractivity contribution in [2.45, 2.75) is 58.8 Å². The number of unbranched alkanes of at least 4 members (excludes halogenated alkanes) is 3. The Morgan fingerprint density at radius 3 is 2.35 bits per heavy atom. The minimum absolute atomic E-state index is 0.326. The quantitative estimate of drug-likeness (QED) is 0.730. The molecule has 1 aliphatic rings. The monoisotopic (exact) mass is 243 g/mol. The van der Waals surface area contributed by atoms with Gasteiger partial charge < -0.3 is 10.0 Å². The Morgan fingerprint density at radius 1 is 1.29 bits per heavy atom. The molecule has 1 fully saturated rings. The molecular weight excluding hydrogens is 218 g/mol. The van der Waals surface area contributed by atoms with Gasteiger partial charge in [-0.25, -0.2) is 0 Å². The molecule has 0 radical (unpaired) electrons. The van der Waals surface area contributed by atoms with Crippen molar-refractivity contribution in [3.8, 4) is 0 Å². The summed E-state index contributed by atoms with van der Waals surface area (Å²) in [6, 6.07) is 0. The molecule has 1 N–H and O–H groups in total. The van der Waals surface area contributed by atoms with Crippen molar-refractivity contribution in [2.75, 3.05) is 13.1 Å². The number of rotatable bonds is 6. The van der Waals surface area contributed by atoms with E-state index >= 15 is 0 Å². The van der Waals surface area contributed by atoms with Crippen molar-refractivity contribution in [1.29, 1.82) is 0 Å². The predicted molar refractivity (Wildman–Crippen MR) is 67.9 cm³/mol. The number of nitrogens with zero attached hydrogens (tertiary/aromatic N) is 1. The van der Waals surface area contributed by atoms with E-state index in [-0.39, 0.29) is 0 Å². The maximum Gasteiger partial charge on any atom is 0.303 e. The zero-order valence-electron chi connectivity index (χ0n) is 11.1. The average molecular weight is 243 g/mol. The fourth-order valence-electron chi connectivity index (χ4n) is 1.74. The summed E-state index contributed by atoms with van der Waals surface area (Å²) in [5, 5.41) is 8.21. The first-order chi connectivity index (χ1) is 8.11. The number of hydrogen-bond acceptors (Lipinski definition) is 2. The lowest BCUT2D eigenvalue weighted by Crippen LogP contribution is -2.23. The number of carboxylic acids is 1. The molecule has 1 saturated heterocycles. The molecule has 17 heavy (non-hydrogen) atoms. The highest BCUT2D eigenvalue weighted by atomic mass is 16.4. The topological polar surface area (TPSA) is 57.6 Å². The summed E-state index contributed by atoms with van der Waals surface area (Å²) in [7, 11) is 0. The number of carbonyl (C=O) groups excluding carboxylic acids is 1. The molecule has 1 rings (SSSR count). The molecule has 0 aromatic rings. The molecule has 1 amide bonds. The van der Waals surface area contributed by atoms with Crippen LogP contribution in [0.3, 0.4) is 0 Å². The van der Waals surface area contributed by atoms with Crippen LogP contribution < -0.4 is 0 Å². The van der Waals surface area contributed by atoms with Crippen LogP contribution in [-0.4, -0.2) is 35.0 Å². The molecule has 0 atom stereocenters. The number of likely N-dealkylation sites (tertiary alicyclic amines) is 1. The number of carbonyl (C=O) groups is 2. The van der Waals surface area contributed by atoms with Gasteiger partial charge in [-0.2, -0.15) is 0 Å². The molecule has 0 aromatic heterocycles. The molecule has 4 heteroatoms. The van der Waals surface area contributed by atoms with Gasteiger partial charge in [0.05, 0.1) is 0 Å². The maximum atomic E-state index is 10.7. The fraction of sp³-hybridized carbons (Fsp3) is 0.846. The Bertz CT molecular complexity index is 229. The summed E-state index contributed by atoms with van der Waals surface area (Å²) in [6.07, 6.45) is 6.39. The first kappa shape index (κ1) is 15.9. The molecule has 100 valence electrons. The lowest BCUT2D eigenvalue weighted by molar-refractivity contribution is -0.137. The standard InChI is InChI=1S/C7H14O2.C6H11NO/c1-2-3-4-5-6-7(8)9;1-2-7-5-3-4-6(7)8/h2-6H2,1H3,(H,8,9);2-5H2,1H3. The second kappa shape index (κ2) is 10.1. The van der Waals surface area contributed by atoms with E-state index in [4.69, 9.17) is 5.11 Å². The Hall–Kier alpha value is -1.06. The van der Waals surface area contributed by atoms with Crippen LogP contribution in [0.5, 0.6) is 0 Å². The summed E-state index contributed by atoms with van der Waals surface area (Å²) in [5.74, 6) is -0.349. The Kier molecular flexibility index (Phi) is 9.49. The van der Waals surface area contributed by atoms with E-state index in [0.29, 0.717) is 12.3 Å². The molecule has 0 spiro atoms. The molecule has 4 nitrogen and oxygen atoms in total. The summed E-state index contributed by atoms with van der Waals surface area (Å²) >= 11 is 0. The van der Waals surface area contributed by atoms with E-state index in [0.717, 1.165) is 45.2 Å². The average Bonchev–Trinajstić information content (AvgIpc) is 2.71. The van der Waals surface area contributed by atoms with Crippen LogP contribution >= 0.6 is 0 Å². The molecular formula is C13H25NO3. The molecule has 0 aromatic carbocycles. The third-order valence-electron chi connectivity index (χ3n) is 2.80. The van der Waals surface area contributed by atoms with Crippen LogP contribution in [-0.2, 0) is 9.59 Å². The molecule has 0 unspecified atom stereocenters. The van der Waals surface area contributed by atoms with Gasteiger partial charge >= 0.3 is 5.97 Å². The van der Waals surface area contributed by atoms with Gasteiger partial charge in [-0.1, -0.05) is 26.2 Å². The zero-order chi connectivity index (χ0) is 13.1. The Morgan fingerprint density at radius 2 is 2.00 bits per heavy atom. The molecule has 1 aliphatic heterocycles. The van der Waals surface area contributed by atoms with Crippen LogP contribution in [0.15, 0.2) is 0 Å². The van der Waals surface area contributed by atoms with Gasteiger partial charge in [0.1, 0.15) is 0 Å². The largest absolute Gasteiger partial charge is 0.481 e. The number of amides is 1. The second-order valence-electron chi connectivity index (χ2n) is 4.28. The van der Waals surface area contributed by atoms with Crippen LogP contribution in [0.1, 0.15) is 58.8 Å². The molecule has 1 heterocycles. The van der Waals surface area contributed by atoms with Gasteiger partial charge in [-0.05, 0) is 19.8 Å². The molecule has 0 aliphatic carbocycles. The highest BCUT2D eigenvalue weighted by Gasteiger charge is 2.16. The summed E-state index contributed by atoms with van der Waals surface area (Å²) < 4.78 is 0. The van der Waals surface area contributed by atoms with Crippen molar-refractivity contribution in [1.82, 2.24) is 4.90 Å². The van der Waals surface area contributed by atoms with Crippen molar-refractivity contribution in [3.05, 3.63) is 0 Å². The summed E-state index contributed by atoms with van der Waals surface area (Å²) in [5.41, 5.74) is 0. The minimum atomic E-state index is -0.675. The lowest BCUT2D eigenvalue weighted by Gasteiger charge is -2.10. The highest BCUT2D eigenvalue weighted by Crippen LogP contribution is 2.07. The minimum Gasteiger partial charge on any atom is -0.481 e. The van der Waals surface area contributed by atoms with Gasteiger partial charge in [0.25, 0.3) is 0 Å². The van der Waals surface area contributed by atoms with Gasteiger partial charge in [-0.3, -0.25) is 9.59 Å². The van der Waals surface area contributed by atoms with Crippen LogP contribution in [0.4, 0.5) is 0 Å². The summed E-state index contributed by atoms with van der Waals surface area (Å²) in [6.45, 7) is 6.00. The van der Waals surface area contributed by atoms with E-state index < -0.39 is 5.97 Å². The van der Waals surface area contributed by atoms with Crippen molar-refractivity contribution in [2.24, 2.45) is 0 Å². The van der Waals surface area contributed by atoms with Crippen LogP contribution in [0.25, 0.3) is 0 Å². The Balaban J connectivity index is 0.000000302. The zero-order valence-corrected chi connectivity index (χ0v) is 11.1. The maximum absolute atomic E-state index is 10.7. The van der Waals surface area contributed by atoms with E-state index in [1.165, 1.54) is 6.42 Å². The second-order valence-corrected chi connectivity index (χ2v) is 4.28. The van der Waals surface area contributed by atoms with Gasteiger partial charge in [0, 0.05) is 25.9 Å². The third-order valence-corrected chi connectivity index (χ3v) is 2.80. The van der Waals surface area contributed by atoms with Crippen molar-refractivity contribution >= 4 is 11.9 Å². The normalized spacial score (nSPS) is 14.5. The first-order valence-corrected chi connectivity index (χ1v) is 6.61. The Labute approximate surface area is 104 Å². The van der Waals surface area contributed by atoms with Gasteiger partial charge in [0.15, 0.2) is 0 Å². The van der Waals surface area contributed by atoms with E-state index in [1.807, 2.05) is 11.8 Å². The lowest BCUT2D eigenvalue weighted by atomic mass is 10.2. The van der Waals surface area contributed by atoms with Gasteiger partial charge in [0.2, 0.25) is 5.91 Å². The van der Waals surface area contributed by atoms with E-state index in [9.17, 15) is 9.59 Å². The van der Waals surface area contributed by atoms with Crippen molar-refractivity contribution in [3.63, 3.8) is 0 Å². The number of carboxylic acid groups (broad SMARTS) is 1. The third kappa shape index (κ3) is 8.72. The summed E-state index contributed by atoms with van der Waals surface area (Å²) in [4.78, 5) is 22.6. The predicted octanol–water partition coefficient (Wildman–Crippen LogP) is 2.67. The van der Waals surface area contributed by atoms with E-state index in [2.05, 4.69) is 6.92 Å². The molecule has 0 bridgehead atoms. The smallest absolute Gasteiger partial charge is 0.303 e. The number of aliphatic carboxylic acids is 1. The van der Waals surface area contributed by atoms with E-state index in [1.54, 1.807) is 0 Å². The van der Waals surface area contributed by atoms with Crippen LogP contribution in [0, 0.1) is 0 Å². The fourth-order valence-corrected chi connectivity index (χ4v) is 1.74. The number of hydrogen-bond donors (Lipinski definition) is 1. The molecule has 0 saturated carbocycles. The first-order valence-electron chi connectivity index (χ1n) is 6.61. The van der Waals surface area contributed by atoms with Crippen LogP contribution in [0.2, 0.25) is 0 Å². The highest BCUT2D eigenvalue weighted by molar-refractivity contribution is 5.77. The van der Waals surface area contributed by atoms with Crippen molar-refractivity contribution < 1.29 is 14.7 Å². The van der Waals surface area contributed by atoms with Gasteiger partial charge in [-0.15, -0.1) is 0 Å². The SMILES string of the molecule is CCCCCCC(=O)O.CCN1CCCC1=O.